The van der Waals surface area contributed by atoms with Crippen molar-refractivity contribution in [3.8, 4) is 22.9 Å². The van der Waals surface area contributed by atoms with Crippen LogP contribution < -0.4 is 14.8 Å². The van der Waals surface area contributed by atoms with E-state index < -0.39 is 0 Å². The van der Waals surface area contributed by atoms with E-state index in [1.807, 2.05) is 36.4 Å². The molecule has 2 aromatic heterocycles. The van der Waals surface area contributed by atoms with Gasteiger partial charge >= 0.3 is 0 Å². The third-order valence-corrected chi connectivity index (χ3v) is 4.69. The van der Waals surface area contributed by atoms with E-state index in [4.69, 9.17) is 9.47 Å². The van der Waals surface area contributed by atoms with Gasteiger partial charge in [-0.1, -0.05) is 23.9 Å². The molecule has 0 bridgehead atoms. The average Bonchev–Trinajstić information content (AvgIpc) is 3.20. The maximum Gasteiger partial charge on any atom is 0.230 e. The molecular weight excluding hydrogens is 366 g/mol. The van der Waals surface area contributed by atoms with E-state index >= 15 is 0 Å². The van der Waals surface area contributed by atoms with Gasteiger partial charge in [0.25, 0.3) is 0 Å². The molecule has 1 aliphatic heterocycles. The molecule has 4 rings (SSSR count). The number of rotatable bonds is 6. The second kappa shape index (κ2) is 8.09. The lowest BCUT2D eigenvalue weighted by molar-refractivity contribution is -0.119. The molecule has 0 radical (unpaired) electrons. The minimum absolute atomic E-state index is 0.113. The second-order valence-electron chi connectivity index (χ2n) is 5.79. The zero-order valence-electron chi connectivity index (χ0n) is 14.3. The quantitative estimate of drug-likeness (QED) is 0.627. The van der Waals surface area contributed by atoms with Crippen LogP contribution in [0, 0.1) is 0 Å². The van der Waals surface area contributed by atoms with Gasteiger partial charge in [0, 0.05) is 18.0 Å². The van der Waals surface area contributed by atoms with Crippen molar-refractivity contribution in [2.75, 3.05) is 18.9 Å². The molecule has 138 valence electrons. The molecule has 8 nitrogen and oxygen atoms in total. The standard InChI is InChI=1S/C18H17N5O3S/c24-16(20-9-13-10-25-14-3-1-2-4-15(14)26-13)11-27-18-21-17(22-23-18)12-5-7-19-8-6-12/h1-8,13H,9-11H2,(H,20,24)(H,21,22,23)/t13-/m0/s1. The van der Waals surface area contributed by atoms with Crippen LogP contribution in [-0.4, -0.2) is 51.1 Å². The van der Waals surface area contributed by atoms with Crippen LogP contribution in [0.2, 0.25) is 0 Å². The number of fused-ring (bicyclic) bond motifs is 1. The summed E-state index contributed by atoms with van der Waals surface area (Å²) < 4.78 is 11.4. The molecule has 2 N–H and O–H groups in total. The summed E-state index contributed by atoms with van der Waals surface area (Å²) in [7, 11) is 0. The van der Waals surface area contributed by atoms with Crippen LogP contribution in [-0.2, 0) is 4.79 Å². The topological polar surface area (TPSA) is 102 Å². The van der Waals surface area contributed by atoms with Gasteiger partial charge in [-0.15, -0.1) is 5.10 Å². The number of pyridine rings is 1. The molecule has 1 aromatic carbocycles. The number of carbonyl (C=O) groups is 1. The number of aromatic nitrogens is 4. The number of nitrogens with one attached hydrogen (secondary N) is 2. The highest BCUT2D eigenvalue weighted by molar-refractivity contribution is 7.99. The van der Waals surface area contributed by atoms with E-state index in [1.165, 1.54) is 11.8 Å². The lowest BCUT2D eigenvalue weighted by atomic mass is 10.2. The first-order valence-corrected chi connectivity index (χ1v) is 9.37. The fourth-order valence-corrected chi connectivity index (χ4v) is 3.15. The molecular formula is C18H17N5O3S. The molecule has 0 aliphatic carbocycles. The maximum atomic E-state index is 12.1. The Balaban J connectivity index is 1.23. The summed E-state index contributed by atoms with van der Waals surface area (Å²) in [6.07, 6.45) is 3.16. The molecule has 0 fully saturated rings. The number of amides is 1. The number of nitrogens with zero attached hydrogens (tertiary/aromatic N) is 3. The van der Waals surface area contributed by atoms with Gasteiger partial charge in [0.15, 0.2) is 17.3 Å². The van der Waals surface area contributed by atoms with Crippen LogP contribution in [0.3, 0.4) is 0 Å². The first-order valence-electron chi connectivity index (χ1n) is 8.39. The van der Waals surface area contributed by atoms with Gasteiger partial charge in [0.2, 0.25) is 11.1 Å². The van der Waals surface area contributed by atoms with Gasteiger partial charge in [-0.25, -0.2) is 4.98 Å². The minimum Gasteiger partial charge on any atom is -0.486 e. The first kappa shape index (κ1) is 17.3. The van der Waals surface area contributed by atoms with E-state index in [-0.39, 0.29) is 17.8 Å². The van der Waals surface area contributed by atoms with Crippen molar-refractivity contribution in [3.05, 3.63) is 48.8 Å². The lowest BCUT2D eigenvalue weighted by Gasteiger charge is -2.26. The van der Waals surface area contributed by atoms with Crippen molar-refractivity contribution in [1.29, 1.82) is 0 Å². The molecule has 0 saturated heterocycles. The normalized spacial score (nSPS) is 15.3. The predicted octanol–water partition coefficient (Wildman–Crippen LogP) is 1.91. The van der Waals surface area contributed by atoms with Crippen molar-refractivity contribution in [2.24, 2.45) is 0 Å². The number of hydrogen-bond donors (Lipinski definition) is 2. The van der Waals surface area contributed by atoms with Gasteiger partial charge in [0.05, 0.1) is 12.3 Å². The smallest absolute Gasteiger partial charge is 0.230 e. The van der Waals surface area contributed by atoms with Gasteiger partial charge in [-0.2, -0.15) is 0 Å². The summed E-state index contributed by atoms with van der Waals surface area (Å²) in [5.41, 5.74) is 0.892. The number of hydrogen-bond acceptors (Lipinski definition) is 7. The molecule has 1 amide bonds. The number of para-hydroxylation sites is 2. The van der Waals surface area contributed by atoms with E-state index in [9.17, 15) is 4.79 Å². The van der Waals surface area contributed by atoms with Crippen molar-refractivity contribution in [3.63, 3.8) is 0 Å². The Bertz CT molecular complexity index is 918. The van der Waals surface area contributed by atoms with E-state index in [1.54, 1.807) is 12.4 Å². The SMILES string of the molecule is O=C(CSc1n[nH]c(-c2ccncc2)n1)NC[C@H]1COc2ccccc2O1. The minimum atomic E-state index is -0.212. The number of ether oxygens (including phenoxy) is 2. The highest BCUT2D eigenvalue weighted by atomic mass is 32.2. The summed E-state index contributed by atoms with van der Waals surface area (Å²) in [6.45, 7) is 0.782. The maximum absolute atomic E-state index is 12.1. The predicted molar refractivity (Wildman–Crippen MR) is 99.7 cm³/mol. The molecule has 27 heavy (non-hydrogen) atoms. The van der Waals surface area contributed by atoms with Crippen LogP contribution in [0.5, 0.6) is 11.5 Å². The van der Waals surface area contributed by atoms with Gasteiger partial charge in [-0.3, -0.25) is 14.9 Å². The second-order valence-corrected chi connectivity index (χ2v) is 6.74. The molecule has 0 saturated carbocycles. The van der Waals surface area contributed by atoms with Crippen molar-refractivity contribution in [1.82, 2.24) is 25.5 Å². The summed E-state index contributed by atoms with van der Waals surface area (Å²) in [4.78, 5) is 20.4. The molecule has 3 heterocycles. The third kappa shape index (κ3) is 4.37. The van der Waals surface area contributed by atoms with Crippen molar-refractivity contribution < 1.29 is 14.3 Å². The van der Waals surface area contributed by atoms with Gasteiger partial charge in [-0.05, 0) is 24.3 Å². The molecule has 1 aliphatic rings. The third-order valence-electron chi connectivity index (χ3n) is 3.85. The number of benzene rings is 1. The number of H-pyrrole nitrogens is 1. The summed E-state index contributed by atoms with van der Waals surface area (Å²) in [5, 5.41) is 10.4. The van der Waals surface area contributed by atoms with Crippen molar-refractivity contribution >= 4 is 17.7 Å². The Morgan fingerprint density at radius 1 is 1.22 bits per heavy atom. The Kier molecular flexibility index (Phi) is 5.20. The summed E-state index contributed by atoms with van der Waals surface area (Å²) in [5.74, 6) is 2.18. The van der Waals surface area contributed by atoms with Crippen molar-refractivity contribution in [2.45, 2.75) is 11.3 Å². The average molecular weight is 383 g/mol. The highest BCUT2D eigenvalue weighted by Gasteiger charge is 2.21. The number of aromatic amines is 1. The number of carbonyl (C=O) groups excluding carboxylic acids is 1. The summed E-state index contributed by atoms with van der Waals surface area (Å²) >= 11 is 1.27. The number of thioether (sulfide) groups is 1. The Morgan fingerprint density at radius 2 is 2.04 bits per heavy atom. The Hall–Kier alpha value is -3.07. The Labute approximate surface area is 159 Å². The molecule has 3 aromatic rings. The highest BCUT2D eigenvalue weighted by Crippen LogP contribution is 2.30. The Morgan fingerprint density at radius 3 is 2.89 bits per heavy atom. The van der Waals surface area contributed by atoms with Crippen LogP contribution in [0.25, 0.3) is 11.4 Å². The molecule has 9 heteroatoms. The largest absolute Gasteiger partial charge is 0.486 e. The van der Waals surface area contributed by atoms with Gasteiger partial charge in [0.1, 0.15) is 12.7 Å². The fraction of sp³-hybridized carbons (Fsp3) is 0.222. The zero-order chi connectivity index (χ0) is 18.5. The van der Waals surface area contributed by atoms with Gasteiger partial charge < -0.3 is 14.8 Å². The first-order chi connectivity index (χ1) is 13.3. The van der Waals surface area contributed by atoms with E-state index in [2.05, 4.69) is 25.5 Å². The van der Waals surface area contributed by atoms with Crippen LogP contribution in [0.15, 0.2) is 53.9 Å². The molecule has 1 atom stereocenters. The van der Waals surface area contributed by atoms with E-state index in [0.717, 1.165) is 11.3 Å². The zero-order valence-corrected chi connectivity index (χ0v) is 15.1. The van der Waals surface area contributed by atoms with Crippen LogP contribution >= 0.6 is 11.8 Å². The summed E-state index contributed by atoms with van der Waals surface area (Å²) in [6, 6.07) is 11.2. The molecule has 0 spiro atoms. The van der Waals surface area contributed by atoms with Crippen LogP contribution in [0.1, 0.15) is 0 Å². The monoisotopic (exact) mass is 383 g/mol. The van der Waals surface area contributed by atoms with E-state index in [0.29, 0.717) is 29.9 Å². The fourth-order valence-electron chi connectivity index (χ4n) is 2.52. The lowest BCUT2D eigenvalue weighted by Crippen LogP contribution is -2.41. The molecule has 0 unspecified atom stereocenters. The van der Waals surface area contributed by atoms with Crippen LogP contribution in [0.4, 0.5) is 0 Å².